The van der Waals surface area contributed by atoms with Crippen molar-refractivity contribution >= 4 is 12.0 Å². The fourth-order valence-corrected chi connectivity index (χ4v) is 4.66. The lowest BCUT2D eigenvalue weighted by Gasteiger charge is -2.33. The molecule has 8 heteroatoms. The van der Waals surface area contributed by atoms with Gasteiger partial charge in [0.15, 0.2) is 11.5 Å². The van der Waals surface area contributed by atoms with Crippen LogP contribution in [0, 0.1) is 11.3 Å². The number of benzene rings is 2. The number of carbonyl (C=O) groups excluding carboxylic acids is 2. The SMILES string of the molecule is COc1ccc(C2CN(C(=O)CNC(=O)OCc3ccccc3)C[C@@]2(C)[C@@H](C)O)cc1OCC1CC1. The van der Waals surface area contributed by atoms with Crippen LogP contribution in [0.2, 0.25) is 0 Å². The van der Waals surface area contributed by atoms with Crippen LogP contribution in [-0.4, -0.2) is 61.5 Å². The summed E-state index contributed by atoms with van der Waals surface area (Å²) in [5.74, 6) is 1.62. The highest BCUT2D eigenvalue weighted by Crippen LogP contribution is 2.47. The smallest absolute Gasteiger partial charge is 0.407 e. The molecule has 0 aromatic heterocycles. The van der Waals surface area contributed by atoms with Crippen LogP contribution in [0.25, 0.3) is 0 Å². The third-order valence-electron chi connectivity index (χ3n) is 7.40. The first-order valence-corrected chi connectivity index (χ1v) is 12.5. The lowest BCUT2D eigenvalue weighted by molar-refractivity contribution is -0.129. The highest BCUT2D eigenvalue weighted by Gasteiger charge is 2.48. The number of carbonyl (C=O) groups is 2. The van der Waals surface area contributed by atoms with Crippen LogP contribution in [0.5, 0.6) is 11.5 Å². The van der Waals surface area contributed by atoms with Gasteiger partial charge in [0.05, 0.1) is 19.8 Å². The van der Waals surface area contributed by atoms with Gasteiger partial charge < -0.3 is 29.5 Å². The lowest BCUT2D eigenvalue weighted by atomic mass is 9.72. The standard InChI is InChI=1S/C28H36N2O6/c1-19(31)28(2)18-30(26(32)14-29-27(33)36-17-20-7-5-4-6-8-20)15-23(28)22-11-12-24(34-3)25(13-22)35-16-21-9-10-21/h4-8,11-13,19,21,23,31H,9-10,14-18H2,1-3H3,(H,29,33)/t19-,23?,28+/m1/s1. The van der Waals surface area contributed by atoms with E-state index in [1.54, 1.807) is 18.9 Å². The number of methoxy groups -OCH3 is 1. The van der Waals surface area contributed by atoms with Crippen LogP contribution >= 0.6 is 0 Å². The van der Waals surface area contributed by atoms with Crippen molar-refractivity contribution in [2.24, 2.45) is 11.3 Å². The Kier molecular flexibility index (Phi) is 8.04. The minimum Gasteiger partial charge on any atom is -0.493 e. The lowest BCUT2D eigenvalue weighted by Crippen LogP contribution is -2.41. The maximum absolute atomic E-state index is 13.0. The molecule has 1 aliphatic carbocycles. The quantitative estimate of drug-likeness (QED) is 0.520. The van der Waals surface area contributed by atoms with E-state index in [0.29, 0.717) is 37.1 Å². The van der Waals surface area contributed by atoms with Gasteiger partial charge in [-0.15, -0.1) is 0 Å². The van der Waals surface area contributed by atoms with E-state index in [-0.39, 0.29) is 25.0 Å². The van der Waals surface area contributed by atoms with E-state index in [4.69, 9.17) is 14.2 Å². The first kappa shape index (κ1) is 25.8. The van der Waals surface area contributed by atoms with Crippen LogP contribution in [0.3, 0.4) is 0 Å². The molecule has 1 saturated heterocycles. The van der Waals surface area contributed by atoms with Gasteiger partial charge in [0.25, 0.3) is 0 Å². The van der Waals surface area contributed by atoms with Crippen LogP contribution in [-0.2, 0) is 16.1 Å². The topological polar surface area (TPSA) is 97.3 Å². The zero-order chi connectivity index (χ0) is 25.7. The number of aliphatic hydroxyl groups is 1. The summed E-state index contributed by atoms with van der Waals surface area (Å²) in [5.41, 5.74) is 1.29. The maximum Gasteiger partial charge on any atom is 0.407 e. The molecule has 0 bridgehead atoms. The van der Waals surface area contributed by atoms with Crippen LogP contribution in [0.1, 0.15) is 43.7 Å². The maximum atomic E-state index is 13.0. The summed E-state index contributed by atoms with van der Waals surface area (Å²) in [6.07, 6.45) is 1.08. The number of hydrogen-bond donors (Lipinski definition) is 2. The molecule has 2 fully saturated rings. The summed E-state index contributed by atoms with van der Waals surface area (Å²) in [4.78, 5) is 26.8. The van der Waals surface area contributed by atoms with E-state index in [1.165, 1.54) is 12.8 Å². The largest absolute Gasteiger partial charge is 0.493 e. The number of nitrogens with zero attached hydrogens (tertiary/aromatic N) is 1. The van der Waals surface area contributed by atoms with Crippen molar-refractivity contribution in [3.8, 4) is 11.5 Å². The number of amides is 2. The number of nitrogens with one attached hydrogen (secondary N) is 1. The van der Waals surface area contributed by atoms with Crippen LogP contribution in [0.4, 0.5) is 4.79 Å². The molecular weight excluding hydrogens is 460 g/mol. The van der Waals surface area contributed by atoms with Gasteiger partial charge in [-0.2, -0.15) is 0 Å². The Hall–Kier alpha value is -3.26. The van der Waals surface area contributed by atoms with Crippen molar-refractivity contribution in [1.82, 2.24) is 10.2 Å². The molecule has 2 N–H and O–H groups in total. The predicted molar refractivity (Wildman–Crippen MR) is 135 cm³/mol. The summed E-state index contributed by atoms with van der Waals surface area (Å²) in [5, 5.41) is 13.3. The van der Waals surface area contributed by atoms with E-state index >= 15 is 0 Å². The summed E-state index contributed by atoms with van der Waals surface area (Å²) < 4.78 is 16.7. The zero-order valence-electron chi connectivity index (χ0n) is 21.2. The van der Waals surface area contributed by atoms with E-state index in [0.717, 1.165) is 11.1 Å². The molecule has 1 heterocycles. The second-order valence-electron chi connectivity index (χ2n) is 10.1. The monoisotopic (exact) mass is 496 g/mol. The van der Waals surface area contributed by atoms with Gasteiger partial charge in [-0.25, -0.2) is 4.79 Å². The highest BCUT2D eigenvalue weighted by molar-refractivity contribution is 5.82. The van der Waals surface area contributed by atoms with Gasteiger partial charge in [0.2, 0.25) is 5.91 Å². The second-order valence-corrected chi connectivity index (χ2v) is 10.1. The normalized spacial score (nSPS) is 22.1. The highest BCUT2D eigenvalue weighted by atomic mass is 16.5. The molecule has 2 aromatic rings. The van der Waals surface area contributed by atoms with Gasteiger partial charge in [-0.1, -0.05) is 43.3 Å². The average molecular weight is 497 g/mol. The molecule has 1 unspecified atom stereocenters. The minimum absolute atomic E-state index is 0.110. The first-order chi connectivity index (χ1) is 17.3. The summed E-state index contributed by atoms with van der Waals surface area (Å²) in [6, 6.07) is 15.2. The predicted octanol–water partition coefficient (Wildman–Crippen LogP) is 3.72. The summed E-state index contributed by atoms with van der Waals surface area (Å²) in [7, 11) is 1.62. The number of hydrogen-bond acceptors (Lipinski definition) is 6. The van der Waals surface area contributed by atoms with Gasteiger partial charge in [-0.05, 0) is 48.9 Å². The molecule has 0 spiro atoms. The molecule has 2 aromatic carbocycles. The number of aliphatic hydroxyl groups excluding tert-OH is 1. The molecular formula is C28H36N2O6. The van der Waals surface area contributed by atoms with Crippen LogP contribution in [0.15, 0.2) is 48.5 Å². The number of likely N-dealkylation sites (tertiary alicyclic amines) is 1. The fourth-order valence-electron chi connectivity index (χ4n) is 4.66. The van der Waals surface area contributed by atoms with Gasteiger partial charge in [-0.3, -0.25) is 4.79 Å². The molecule has 4 rings (SSSR count). The number of alkyl carbamates (subject to hydrolysis) is 1. The molecule has 194 valence electrons. The van der Waals surface area contributed by atoms with Crippen molar-refractivity contribution < 1.29 is 28.9 Å². The Morgan fingerprint density at radius 3 is 2.58 bits per heavy atom. The van der Waals surface area contributed by atoms with E-state index < -0.39 is 17.6 Å². The zero-order valence-corrected chi connectivity index (χ0v) is 21.2. The Morgan fingerprint density at radius 2 is 1.92 bits per heavy atom. The summed E-state index contributed by atoms with van der Waals surface area (Å²) >= 11 is 0. The third kappa shape index (κ3) is 6.10. The number of ether oxygens (including phenoxy) is 3. The van der Waals surface area contributed by atoms with E-state index in [9.17, 15) is 14.7 Å². The third-order valence-corrected chi connectivity index (χ3v) is 7.40. The van der Waals surface area contributed by atoms with Gasteiger partial charge in [0, 0.05) is 24.4 Å². The number of rotatable bonds is 10. The van der Waals surface area contributed by atoms with Crippen molar-refractivity contribution in [1.29, 1.82) is 0 Å². The molecule has 1 saturated carbocycles. The molecule has 8 nitrogen and oxygen atoms in total. The molecule has 36 heavy (non-hydrogen) atoms. The fraction of sp³-hybridized carbons (Fsp3) is 0.500. The van der Waals surface area contributed by atoms with Crippen molar-refractivity contribution in [3.63, 3.8) is 0 Å². The Labute approximate surface area is 212 Å². The van der Waals surface area contributed by atoms with Crippen molar-refractivity contribution in [2.45, 2.75) is 45.3 Å². The van der Waals surface area contributed by atoms with Gasteiger partial charge in [0.1, 0.15) is 13.2 Å². The molecule has 1 aliphatic heterocycles. The first-order valence-electron chi connectivity index (χ1n) is 12.5. The summed E-state index contributed by atoms with van der Waals surface area (Å²) in [6.45, 7) is 5.17. The van der Waals surface area contributed by atoms with Crippen molar-refractivity contribution in [3.05, 3.63) is 59.7 Å². The molecule has 2 amide bonds. The molecule has 2 aliphatic rings. The Bertz CT molecular complexity index is 1060. The Morgan fingerprint density at radius 1 is 1.17 bits per heavy atom. The second kappa shape index (κ2) is 11.2. The Balaban J connectivity index is 1.39. The van der Waals surface area contributed by atoms with Crippen LogP contribution < -0.4 is 14.8 Å². The molecule has 0 radical (unpaired) electrons. The minimum atomic E-state index is -0.651. The van der Waals surface area contributed by atoms with E-state index in [2.05, 4.69) is 5.32 Å². The van der Waals surface area contributed by atoms with Crippen molar-refractivity contribution in [2.75, 3.05) is 33.4 Å². The average Bonchev–Trinajstić information content (AvgIpc) is 3.65. The van der Waals surface area contributed by atoms with E-state index in [1.807, 2.05) is 55.5 Å². The van der Waals surface area contributed by atoms with Gasteiger partial charge >= 0.3 is 6.09 Å². The molecule has 3 atom stereocenters.